The Hall–Kier alpha value is -4.07. The van der Waals surface area contributed by atoms with E-state index in [0.717, 1.165) is 11.1 Å². The highest BCUT2D eigenvalue weighted by Crippen LogP contribution is 2.33. The molecule has 5 aromatic rings. The van der Waals surface area contributed by atoms with E-state index in [9.17, 15) is 4.79 Å². The van der Waals surface area contributed by atoms with Gasteiger partial charge in [0.2, 0.25) is 5.89 Å². The smallest absolute Gasteiger partial charge is 0.261 e. The van der Waals surface area contributed by atoms with Crippen LogP contribution in [-0.4, -0.2) is 24.9 Å². The summed E-state index contributed by atoms with van der Waals surface area (Å²) in [5, 5.41) is 13.0. The summed E-state index contributed by atoms with van der Waals surface area (Å²) >= 11 is 0. The number of benzene rings is 2. The second kappa shape index (κ2) is 7.07. The molecule has 3 aromatic heterocycles. The van der Waals surface area contributed by atoms with Gasteiger partial charge in [-0.15, -0.1) is 10.2 Å². The molecule has 0 N–H and O–H groups in total. The van der Waals surface area contributed by atoms with Gasteiger partial charge in [-0.3, -0.25) is 9.36 Å². The van der Waals surface area contributed by atoms with Crippen LogP contribution in [-0.2, 0) is 6.54 Å². The maximum Gasteiger partial charge on any atom is 0.261 e. The monoisotopic (exact) mass is 399 g/mol. The van der Waals surface area contributed by atoms with Crippen molar-refractivity contribution in [3.63, 3.8) is 0 Å². The van der Waals surface area contributed by atoms with Crippen LogP contribution in [0.3, 0.4) is 0 Å². The lowest BCUT2D eigenvalue weighted by atomic mass is 10.1. The van der Waals surface area contributed by atoms with Crippen LogP contribution < -0.4 is 5.56 Å². The number of aryl methyl sites for hydroxylation is 2. The van der Waals surface area contributed by atoms with Gasteiger partial charge in [-0.1, -0.05) is 47.1 Å². The van der Waals surface area contributed by atoms with Gasteiger partial charge in [0.05, 0.1) is 17.2 Å². The number of hydrogen-bond donors (Lipinski definition) is 0. The third kappa shape index (κ3) is 3.08. The summed E-state index contributed by atoms with van der Waals surface area (Å²) in [6, 6.07) is 15.2. The fourth-order valence-corrected chi connectivity index (χ4v) is 3.37. The molecule has 0 fully saturated rings. The minimum Gasteiger partial charge on any atom is -0.419 e. The molecule has 0 radical (unpaired) electrons. The van der Waals surface area contributed by atoms with Crippen LogP contribution in [0.15, 0.2) is 68.6 Å². The first-order chi connectivity index (χ1) is 14.6. The Kier molecular flexibility index (Phi) is 4.24. The lowest BCUT2D eigenvalue weighted by molar-refractivity contribution is 0.399. The average Bonchev–Trinajstić information content (AvgIpc) is 3.37. The highest BCUT2D eigenvalue weighted by atomic mass is 16.5. The molecule has 5 rings (SSSR count). The second-order valence-electron chi connectivity index (χ2n) is 7.03. The molecule has 0 atom stereocenters. The molecule has 8 heteroatoms. The molecule has 0 aliphatic heterocycles. The lowest BCUT2D eigenvalue weighted by Crippen LogP contribution is -2.21. The summed E-state index contributed by atoms with van der Waals surface area (Å²) in [4.78, 5) is 17.2. The Morgan fingerprint density at radius 2 is 1.87 bits per heavy atom. The molecular formula is C22H17N5O3. The Balaban J connectivity index is 1.51. The molecule has 0 aliphatic carbocycles. The van der Waals surface area contributed by atoms with Gasteiger partial charge in [-0.2, -0.15) is 0 Å². The van der Waals surface area contributed by atoms with Crippen LogP contribution in [0, 0.1) is 13.8 Å². The predicted octanol–water partition coefficient (Wildman–Crippen LogP) is 3.77. The van der Waals surface area contributed by atoms with Crippen LogP contribution in [0.4, 0.5) is 0 Å². The van der Waals surface area contributed by atoms with E-state index in [1.54, 1.807) is 6.92 Å². The van der Waals surface area contributed by atoms with Crippen molar-refractivity contribution in [1.82, 2.24) is 24.9 Å². The van der Waals surface area contributed by atoms with Gasteiger partial charge in [0, 0.05) is 5.56 Å². The van der Waals surface area contributed by atoms with Crippen molar-refractivity contribution >= 4 is 10.9 Å². The van der Waals surface area contributed by atoms with E-state index in [1.165, 1.54) is 10.9 Å². The summed E-state index contributed by atoms with van der Waals surface area (Å²) in [7, 11) is 0. The molecule has 2 aromatic carbocycles. The van der Waals surface area contributed by atoms with E-state index in [-0.39, 0.29) is 12.1 Å². The van der Waals surface area contributed by atoms with Crippen LogP contribution in [0.25, 0.3) is 33.6 Å². The van der Waals surface area contributed by atoms with Gasteiger partial charge < -0.3 is 8.94 Å². The molecule has 0 unspecified atom stereocenters. The normalized spacial score (nSPS) is 11.3. The molecule has 148 valence electrons. The molecule has 3 heterocycles. The topological polar surface area (TPSA) is 99.8 Å². The Morgan fingerprint density at radius 1 is 1.03 bits per heavy atom. The summed E-state index contributed by atoms with van der Waals surface area (Å²) in [6.45, 7) is 3.85. The molecule has 0 aliphatic rings. The van der Waals surface area contributed by atoms with Crippen molar-refractivity contribution in [2.75, 3.05) is 0 Å². The Morgan fingerprint density at radius 3 is 2.70 bits per heavy atom. The van der Waals surface area contributed by atoms with Crippen LogP contribution in [0.5, 0.6) is 0 Å². The highest BCUT2D eigenvalue weighted by Gasteiger charge is 2.22. The molecule has 0 saturated carbocycles. The first-order valence-electron chi connectivity index (χ1n) is 9.40. The molecule has 0 amide bonds. The Labute approximate surface area is 170 Å². The Bertz CT molecular complexity index is 1420. The maximum absolute atomic E-state index is 12.8. The minimum atomic E-state index is -0.158. The number of aromatic nitrogens is 5. The summed E-state index contributed by atoms with van der Waals surface area (Å²) in [5.41, 5.74) is 3.64. The van der Waals surface area contributed by atoms with E-state index in [1.807, 2.05) is 55.5 Å². The minimum absolute atomic E-state index is 0.119. The summed E-state index contributed by atoms with van der Waals surface area (Å²) in [6.07, 6.45) is 1.49. The van der Waals surface area contributed by atoms with E-state index in [0.29, 0.717) is 39.7 Å². The number of fused-ring (bicyclic) bond motifs is 1. The van der Waals surface area contributed by atoms with Crippen LogP contribution >= 0.6 is 0 Å². The van der Waals surface area contributed by atoms with Gasteiger partial charge in [0.25, 0.3) is 11.4 Å². The van der Waals surface area contributed by atoms with Gasteiger partial charge in [-0.25, -0.2) is 4.98 Å². The lowest BCUT2D eigenvalue weighted by Gasteiger charge is -2.04. The standard InChI is InChI=1S/C22H17N5O3/c1-13-8-9-17-16(10-13)22(28)27(12-23-17)11-18-24-25-21(29-18)19-14(2)30-26-20(19)15-6-4-3-5-7-15/h3-10,12H,11H2,1-2H3. The van der Waals surface area contributed by atoms with E-state index < -0.39 is 0 Å². The summed E-state index contributed by atoms with van der Waals surface area (Å²) in [5.74, 6) is 1.16. The number of rotatable bonds is 4. The van der Waals surface area contributed by atoms with Crippen molar-refractivity contribution in [3.05, 3.63) is 82.4 Å². The molecule has 8 nitrogen and oxygen atoms in total. The molecular weight excluding hydrogens is 382 g/mol. The third-order valence-corrected chi connectivity index (χ3v) is 4.88. The number of nitrogens with zero attached hydrogens (tertiary/aromatic N) is 5. The maximum atomic E-state index is 12.8. The van der Waals surface area contributed by atoms with Crippen LogP contribution in [0.2, 0.25) is 0 Å². The summed E-state index contributed by atoms with van der Waals surface area (Å²) < 4.78 is 12.7. The average molecular weight is 399 g/mol. The largest absolute Gasteiger partial charge is 0.419 e. The molecule has 0 spiro atoms. The van der Waals surface area contributed by atoms with Crippen molar-refractivity contribution in [1.29, 1.82) is 0 Å². The van der Waals surface area contributed by atoms with Gasteiger partial charge >= 0.3 is 0 Å². The number of hydrogen-bond acceptors (Lipinski definition) is 7. The van der Waals surface area contributed by atoms with Crippen molar-refractivity contribution < 1.29 is 8.94 Å². The highest BCUT2D eigenvalue weighted by molar-refractivity contribution is 5.78. The molecule has 0 bridgehead atoms. The molecule has 0 saturated heterocycles. The fraction of sp³-hybridized carbons (Fsp3) is 0.136. The quantitative estimate of drug-likeness (QED) is 0.453. The zero-order valence-corrected chi connectivity index (χ0v) is 16.4. The van der Waals surface area contributed by atoms with Gasteiger partial charge in [0.15, 0.2) is 0 Å². The van der Waals surface area contributed by atoms with E-state index >= 15 is 0 Å². The first-order valence-corrected chi connectivity index (χ1v) is 9.40. The van der Waals surface area contributed by atoms with Crippen molar-refractivity contribution in [2.45, 2.75) is 20.4 Å². The van der Waals surface area contributed by atoms with Gasteiger partial charge in [0.1, 0.15) is 23.6 Å². The second-order valence-corrected chi connectivity index (χ2v) is 7.03. The predicted molar refractivity (Wildman–Crippen MR) is 110 cm³/mol. The zero-order valence-electron chi connectivity index (χ0n) is 16.4. The first kappa shape index (κ1) is 18.0. The molecule has 30 heavy (non-hydrogen) atoms. The SMILES string of the molecule is Cc1ccc2ncn(Cc3nnc(-c4c(-c5ccccc5)noc4C)o3)c(=O)c2c1. The van der Waals surface area contributed by atoms with Gasteiger partial charge in [-0.05, 0) is 26.0 Å². The van der Waals surface area contributed by atoms with Crippen LogP contribution in [0.1, 0.15) is 17.2 Å². The van der Waals surface area contributed by atoms with E-state index in [4.69, 9.17) is 8.94 Å². The fourth-order valence-electron chi connectivity index (χ4n) is 3.37. The van der Waals surface area contributed by atoms with E-state index in [2.05, 4.69) is 20.3 Å². The van der Waals surface area contributed by atoms with Crippen molar-refractivity contribution in [3.8, 4) is 22.7 Å². The third-order valence-electron chi connectivity index (χ3n) is 4.88. The zero-order chi connectivity index (χ0) is 20.7. The van der Waals surface area contributed by atoms with Crippen molar-refractivity contribution in [2.24, 2.45) is 0 Å².